The fourth-order valence-corrected chi connectivity index (χ4v) is 3.07. The third-order valence-electron chi connectivity index (χ3n) is 4.70. The molecule has 1 aliphatic rings. The lowest BCUT2D eigenvalue weighted by Gasteiger charge is -2.38. The molecule has 3 N–H and O–H groups in total. The van der Waals surface area contributed by atoms with E-state index in [1.165, 1.54) is 12.1 Å². The van der Waals surface area contributed by atoms with Gasteiger partial charge in [0.05, 0.1) is 5.56 Å². The van der Waals surface area contributed by atoms with Crippen LogP contribution in [0.25, 0.3) is 0 Å². The lowest BCUT2D eigenvalue weighted by Crippen LogP contribution is -2.44. The molecule has 26 heavy (non-hydrogen) atoms. The van der Waals surface area contributed by atoms with Gasteiger partial charge in [0.25, 0.3) is 0 Å². The van der Waals surface area contributed by atoms with Gasteiger partial charge >= 0.3 is 6.18 Å². The van der Waals surface area contributed by atoms with Crippen LogP contribution in [-0.2, 0) is 21.1 Å². The van der Waals surface area contributed by atoms with E-state index < -0.39 is 17.2 Å². The Hall–Kier alpha value is -1.31. The summed E-state index contributed by atoms with van der Waals surface area (Å²) in [5.74, 6) is -0.129. The third-order valence-corrected chi connectivity index (χ3v) is 4.70. The van der Waals surface area contributed by atoms with Crippen molar-refractivity contribution in [3.63, 3.8) is 0 Å². The number of alkyl halides is 3. The molecule has 1 amide bonds. The molecule has 8 heteroatoms. The number of nitrogens with two attached hydrogens (primary N) is 1. The molecule has 1 aromatic carbocycles. The van der Waals surface area contributed by atoms with Gasteiger partial charge in [0, 0.05) is 37.6 Å². The minimum Gasteiger partial charge on any atom is -0.381 e. The Morgan fingerprint density at radius 2 is 2.00 bits per heavy atom. The van der Waals surface area contributed by atoms with Crippen molar-refractivity contribution in [1.29, 1.82) is 0 Å². The van der Waals surface area contributed by atoms with Crippen LogP contribution in [0.4, 0.5) is 13.2 Å². The highest BCUT2D eigenvalue weighted by Crippen LogP contribution is 2.37. The lowest BCUT2D eigenvalue weighted by atomic mass is 9.73. The first kappa shape index (κ1) is 22.7. The van der Waals surface area contributed by atoms with E-state index in [2.05, 4.69) is 5.32 Å². The zero-order chi connectivity index (χ0) is 18.5. The Labute approximate surface area is 158 Å². The monoisotopic (exact) mass is 394 g/mol. The Morgan fingerprint density at radius 1 is 1.35 bits per heavy atom. The predicted octanol–water partition coefficient (Wildman–Crippen LogP) is 3.42. The molecule has 148 valence electrons. The molecule has 1 heterocycles. The second kappa shape index (κ2) is 9.58. The summed E-state index contributed by atoms with van der Waals surface area (Å²) in [6.45, 7) is 3.06. The maximum absolute atomic E-state index is 13.0. The minimum absolute atomic E-state index is 0. The molecule has 1 aliphatic heterocycles. The summed E-state index contributed by atoms with van der Waals surface area (Å²) in [6, 6.07) is 5.32. The number of halogens is 4. The maximum Gasteiger partial charge on any atom is 0.416 e. The number of carbonyl (C=O) groups is 1. The molecule has 0 spiro atoms. The van der Waals surface area contributed by atoms with E-state index in [1.807, 2.05) is 6.92 Å². The van der Waals surface area contributed by atoms with Gasteiger partial charge in [-0.25, -0.2) is 0 Å². The van der Waals surface area contributed by atoms with E-state index in [1.54, 1.807) is 6.07 Å². The van der Waals surface area contributed by atoms with Crippen molar-refractivity contribution in [2.24, 2.45) is 5.73 Å². The summed E-state index contributed by atoms with van der Waals surface area (Å²) in [4.78, 5) is 12.0. The molecule has 0 saturated carbocycles. The molecule has 1 saturated heterocycles. The van der Waals surface area contributed by atoms with Crippen LogP contribution >= 0.6 is 12.4 Å². The van der Waals surface area contributed by atoms with Crippen molar-refractivity contribution in [3.05, 3.63) is 35.4 Å². The number of rotatable bonds is 6. The molecule has 4 nitrogen and oxygen atoms in total. The van der Waals surface area contributed by atoms with Gasteiger partial charge in [-0.1, -0.05) is 18.2 Å². The van der Waals surface area contributed by atoms with Gasteiger partial charge in [-0.2, -0.15) is 13.2 Å². The second-order valence-corrected chi connectivity index (χ2v) is 6.76. The van der Waals surface area contributed by atoms with Gasteiger partial charge in [-0.3, -0.25) is 4.79 Å². The van der Waals surface area contributed by atoms with Crippen molar-refractivity contribution >= 4 is 18.3 Å². The summed E-state index contributed by atoms with van der Waals surface area (Å²) in [5, 5.41) is 2.87. The van der Waals surface area contributed by atoms with Gasteiger partial charge in [0.15, 0.2) is 0 Å². The van der Waals surface area contributed by atoms with E-state index in [9.17, 15) is 18.0 Å². The molecule has 0 aromatic heterocycles. The van der Waals surface area contributed by atoms with Crippen LogP contribution in [0.2, 0.25) is 0 Å². The SMILES string of the molecule is CC(N)CCC(=O)NCC1(c2cccc(C(F)(F)F)c2)CCOCC1.Cl. The minimum atomic E-state index is -4.39. The van der Waals surface area contributed by atoms with E-state index >= 15 is 0 Å². The average molecular weight is 395 g/mol. The predicted molar refractivity (Wildman–Crippen MR) is 96.3 cm³/mol. The lowest BCUT2D eigenvalue weighted by molar-refractivity contribution is -0.137. The van der Waals surface area contributed by atoms with Gasteiger partial charge in [-0.05, 0) is 37.8 Å². The largest absolute Gasteiger partial charge is 0.416 e. The fraction of sp³-hybridized carbons (Fsp3) is 0.611. The van der Waals surface area contributed by atoms with E-state index in [0.717, 1.165) is 6.07 Å². The van der Waals surface area contributed by atoms with Gasteiger partial charge in [-0.15, -0.1) is 12.4 Å². The normalized spacial score (nSPS) is 17.9. The Kier molecular flexibility index (Phi) is 8.37. The van der Waals surface area contributed by atoms with Crippen LogP contribution in [0.1, 0.15) is 43.7 Å². The van der Waals surface area contributed by atoms with Crippen molar-refractivity contribution in [2.75, 3.05) is 19.8 Å². The number of hydrogen-bond donors (Lipinski definition) is 2. The van der Waals surface area contributed by atoms with Crippen LogP contribution in [0, 0.1) is 0 Å². The molecule has 1 unspecified atom stereocenters. The quantitative estimate of drug-likeness (QED) is 0.777. The number of amides is 1. The molecule has 1 atom stereocenters. The summed E-state index contributed by atoms with van der Waals surface area (Å²) in [6.07, 6.45) is -2.36. The summed E-state index contributed by atoms with van der Waals surface area (Å²) in [7, 11) is 0. The zero-order valence-corrected chi connectivity index (χ0v) is 15.6. The van der Waals surface area contributed by atoms with E-state index in [4.69, 9.17) is 10.5 Å². The smallest absolute Gasteiger partial charge is 0.381 e. The third kappa shape index (κ3) is 6.14. The molecule has 0 radical (unpaired) electrons. The first-order chi connectivity index (χ1) is 11.7. The fourth-order valence-electron chi connectivity index (χ4n) is 3.07. The maximum atomic E-state index is 13.0. The van der Waals surface area contributed by atoms with Crippen LogP contribution in [0.5, 0.6) is 0 Å². The Balaban J connectivity index is 0.00000338. The first-order valence-electron chi connectivity index (χ1n) is 8.51. The van der Waals surface area contributed by atoms with Gasteiger partial charge < -0.3 is 15.8 Å². The number of nitrogens with one attached hydrogen (secondary N) is 1. The zero-order valence-electron chi connectivity index (χ0n) is 14.8. The molecule has 1 aromatic rings. The van der Waals surface area contributed by atoms with Crippen molar-refractivity contribution < 1.29 is 22.7 Å². The summed E-state index contributed by atoms with van der Waals surface area (Å²) < 4.78 is 44.5. The second-order valence-electron chi connectivity index (χ2n) is 6.76. The van der Waals surface area contributed by atoms with E-state index in [0.29, 0.717) is 51.0 Å². The number of benzene rings is 1. The molecule has 0 bridgehead atoms. The topological polar surface area (TPSA) is 64.4 Å². The van der Waals surface area contributed by atoms with Crippen molar-refractivity contribution in [2.45, 2.75) is 50.2 Å². The molecular formula is C18H26ClF3N2O2. The molecule has 2 rings (SSSR count). The Morgan fingerprint density at radius 3 is 2.58 bits per heavy atom. The highest BCUT2D eigenvalue weighted by atomic mass is 35.5. The van der Waals surface area contributed by atoms with Crippen molar-refractivity contribution in [3.8, 4) is 0 Å². The molecule has 0 aliphatic carbocycles. The van der Waals surface area contributed by atoms with Gasteiger partial charge in [0.1, 0.15) is 0 Å². The van der Waals surface area contributed by atoms with E-state index in [-0.39, 0.29) is 24.4 Å². The number of hydrogen-bond acceptors (Lipinski definition) is 3. The van der Waals surface area contributed by atoms with Crippen LogP contribution in [-0.4, -0.2) is 31.7 Å². The number of carbonyl (C=O) groups excluding carboxylic acids is 1. The molecular weight excluding hydrogens is 369 g/mol. The first-order valence-corrected chi connectivity index (χ1v) is 8.51. The van der Waals surface area contributed by atoms with Crippen molar-refractivity contribution in [1.82, 2.24) is 5.32 Å². The summed E-state index contributed by atoms with van der Waals surface area (Å²) in [5.41, 5.74) is 5.04. The van der Waals surface area contributed by atoms with Crippen LogP contribution < -0.4 is 11.1 Å². The van der Waals surface area contributed by atoms with Crippen LogP contribution in [0.15, 0.2) is 24.3 Å². The highest BCUT2D eigenvalue weighted by molar-refractivity contribution is 5.85. The summed E-state index contributed by atoms with van der Waals surface area (Å²) >= 11 is 0. The van der Waals surface area contributed by atoms with Crippen LogP contribution in [0.3, 0.4) is 0 Å². The highest BCUT2D eigenvalue weighted by Gasteiger charge is 2.37. The average Bonchev–Trinajstić information content (AvgIpc) is 2.58. The number of ether oxygens (including phenoxy) is 1. The standard InChI is InChI=1S/C18H25F3N2O2.ClH/c1-13(22)5-6-16(24)23-12-17(7-9-25-10-8-17)14-3-2-4-15(11-14)18(19,20)21;/h2-4,11,13H,5-10,12,22H2,1H3,(H,23,24);1H. The molecule has 1 fully saturated rings. The Bertz CT molecular complexity index is 588. The van der Waals surface area contributed by atoms with Gasteiger partial charge in [0.2, 0.25) is 5.91 Å².